The van der Waals surface area contributed by atoms with Crippen molar-refractivity contribution in [2.75, 3.05) is 13.2 Å². The topological polar surface area (TPSA) is 60.2 Å². The Hall–Kier alpha value is -1.72. The first-order valence-corrected chi connectivity index (χ1v) is 7.56. The van der Waals surface area contributed by atoms with Crippen molar-refractivity contribution in [3.8, 4) is 0 Å². The van der Waals surface area contributed by atoms with Crippen LogP contribution < -0.4 is 0 Å². The second-order valence-corrected chi connectivity index (χ2v) is 5.88. The fourth-order valence-electron chi connectivity index (χ4n) is 3.39. The van der Waals surface area contributed by atoms with Gasteiger partial charge >= 0.3 is 0 Å². The van der Waals surface area contributed by atoms with Crippen LogP contribution in [0, 0.1) is 0 Å². The van der Waals surface area contributed by atoms with E-state index in [4.69, 9.17) is 9.84 Å². The van der Waals surface area contributed by atoms with E-state index in [2.05, 4.69) is 29.2 Å². The van der Waals surface area contributed by atoms with Crippen molar-refractivity contribution in [1.82, 2.24) is 14.8 Å². The molecule has 0 radical (unpaired) electrons. The summed E-state index contributed by atoms with van der Waals surface area (Å²) in [6, 6.07) is 8.79. The number of nitrogens with zero attached hydrogens (tertiary/aromatic N) is 3. The van der Waals surface area contributed by atoms with Crippen molar-refractivity contribution in [2.45, 2.75) is 37.8 Å². The van der Waals surface area contributed by atoms with Crippen LogP contribution in [0.15, 0.2) is 24.3 Å². The predicted octanol–water partition coefficient (Wildman–Crippen LogP) is 1.61. The van der Waals surface area contributed by atoms with E-state index in [9.17, 15) is 5.11 Å². The summed E-state index contributed by atoms with van der Waals surface area (Å²) < 4.78 is 7.36. The number of hydrogen-bond donors (Lipinski definition) is 1. The van der Waals surface area contributed by atoms with Gasteiger partial charge in [0.25, 0.3) is 0 Å². The third-order valence-corrected chi connectivity index (χ3v) is 4.53. The molecular formula is C16H19N3O2. The van der Waals surface area contributed by atoms with Gasteiger partial charge in [0.05, 0.1) is 12.6 Å². The van der Waals surface area contributed by atoms with Crippen LogP contribution in [0.5, 0.6) is 0 Å². The lowest BCUT2D eigenvalue weighted by atomic mass is 10.1. The standard InChI is InChI=1S/C16H19N3O2/c20-9-15-17-16(13-5-6-21-10-13)18-19(15)14-7-11-3-1-2-4-12(11)8-14/h1-4,13-14,20H,5-10H2/t13-/m0/s1. The molecule has 1 saturated heterocycles. The molecule has 1 aliphatic carbocycles. The average molecular weight is 285 g/mol. The number of aliphatic hydroxyl groups is 1. The van der Waals surface area contributed by atoms with Gasteiger partial charge in [-0.25, -0.2) is 9.67 Å². The molecular weight excluding hydrogens is 266 g/mol. The van der Waals surface area contributed by atoms with E-state index >= 15 is 0 Å². The SMILES string of the molecule is OCc1nc([C@H]2CCOC2)nn1C1Cc2ccccc2C1. The number of hydrogen-bond acceptors (Lipinski definition) is 4. The molecule has 0 spiro atoms. The summed E-state index contributed by atoms with van der Waals surface area (Å²) in [5.41, 5.74) is 2.76. The molecule has 2 aliphatic rings. The van der Waals surface area contributed by atoms with E-state index in [1.807, 2.05) is 4.68 Å². The van der Waals surface area contributed by atoms with Gasteiger partial charge in [-0.05, 0) is 30.4 Å². The molecule has 0 unspecified atom stereocenters. The maximum absolute atomic E-state index is 9.60. The quantitative estimate of drug-likeness (QED) is 0.931. The van der Waals surface area contributed by atoms with Crippen molar-refractivity contribution < 1.29 is 9.84 Å². The first kappa shape index (κ1) is 13.0. The molecule has 0 saturated carbocycles. The zero-order valence-electron chi connectivity index (χ0n) is 11.9. The highest BCUT2D eigenvalue weighted by molar-refractivity contribution is 5.32. The second kappa shape index (κ2) is 5.24. The first-order valence-electron chi connectivity index (χ1n) is 7.56. The number of fused-ring (bicyclic) bond motifs is 1. The normalized spacial score (nSPS) is 21.9. The third kappa shape index (κ3) is 2.26. The molecule has 5 nitrogen and oxygen atoms in total. The van der Waals surface area contributed by atoms with Gasteiger partial charge in [-0.1, -0.05) is 24.3 Å². The van der Waals surface area contributed by atoms with Crippen LogP contribution in [0.3, 0.4) is 0 Å². The van der Waals surface area contributed by atoms with Gasteiger partial charge in [0.15, 0.2) is 11.6 Å². The van der Waals surface area contributed by atoms with E-state index < -0.39 is 0 Å². The minimum absolute atomic E-state index is 0.0621. The van der Waals surface area contributed by atoms with E-state index in [1.165, 1.54) is 11.1 Å². The molecule has 1 aromatic carbocycles. The highest BCUT2D eigenvalue weighted by atomic mass is 16.5. The summed E-state index contributed by atoms with van der Waals surface area (Å²) >= 11 is 0. The van der Waals surface area contributed by atoms with E-state index in [0.29, 0.717) is 12.4 Å². The van der Waals surface area contributed by atoms with Crippen LogP contribution in [0.4, 0.5) is 0 Å². The molecule has 0 amide bonds. The Labute approximate surface area is 123 Å². The first-order chi connectivity index (χ1) is 10.3. The van der Waals surface area contributed by atoms with Crippen molar-refractivity contribution in [2.24, 2.45) is 0 Å². The lowest BCUT2D eigenvalue weighted by Crippen LogP contribution is -2.14. The van der Waals surface area contributed by atoms with Gasteiger partial charge in [-0.15, -0.1) is 0 Å². The molecule has 1 N–H and O–H groups in total. The Bertz CT molecular complexity index is 622. The Balaban J connectivity index is 1.63. The smallest absolute Gasteiger partial charge is 0.156 e. The number of rotatable bonds is 3. The number of aliphatic hydroxyl groups excluding tert-OH is 1. The Morgan fingerprint density at radius 1 is 1.24 bits per heavy atom. The molecule has 110 valence electrons. The summed E-state index contributed by atoms with van der Waals surface area (Å²) in [7, 11) is 0. The maximum Gasteiger partial charge on any atom is 0.156 e. The number of ether oxygens (including phenoxy) is 1. The zero-order valence-corrected chi connectivity index (χ0v) is 11.9. The van der Waals surface area contributed by atoms with Gasteiger partial charge in [0.2, 0.25) is 0 Å². The van der Waals surface area contributed by atoms with Crippen LogP contribution in [0.2, 0.25) is 0 Å². The predicted molar refractivity (Wildman–Crippen MR) is 77.0 cm³/mol. The van der Waals surface area contributed by atoms with Crippen molar-refractivity contribution in [3.05, 3.63) is 47.0 Å². The molecule has 4 rings (SSSR count). The van der Waals surface area contributed by atoms with Gasteiger partial charge < -0.3 is 9.84 Å². The van der Waals surface area contributed by atoms with Gasteiger partial charge in [-0.3, -0.25) is 0 Å². The summed E-state index contributed by atoms with van der Waals surface area (Å²) in [5.74, 6) is 1.78. The fraction of sp³-hybridized carbons (Fsp3) is 0.500. The third-order valence-electron chi connectivity index (χ3n) is 4.53. The molecule has 1 aliphatic heterocycles. The van der Waals surface area contributed by atoms with Crippen LogP contribution in [0.25, 0.3) is 0 Å². The van der Waals surface area contributed by atoms with Gasteiger partial charge in [-0.2, -0.15) is 5.10 Å². The summed E-state index contributed by atoms with van der Waals surface area (Å²) in [6.07, 6.45) is 2.90. The minimum atomic E-state index is -0.0621. The van der Waals surface area contributed by atoms with Gasteiger partial charge in [0, 0.05) is 12.5 Å². The van der Waals surface area contributed by atoms with E-state index in [0.717, 1.165) is 31.7 Å². The van der Waals surface area contributed by atoms with E-state index in [-0.39, 0.29) is 18.6 Å². The van der Waals surface area contributed by atoms with Crippen molar-refractivity contribution in [1.29, 1.82) is 0 Å². The highest BCUT2D eigenvalue weighted by Gasteiger charge is 2.28. The number of aromatic nitrogens is 3. The fourth-order valence-corrected chi connectivity index (χ4v) is 3.39. The second-order valence-electron chi connectivity index (χ2n) is 5.88. The van der Waals surface area contributed by atoms with Gasteiger partial charge in [0.1, 0.15) is 6.61 Å². The molecule has 5 heteroatoms. The zero-order chi connectivity index (χ0) is 14.2. The lowest BCUT2D eigenvalue weighted by Gasteiger charge is -2.11. The molecule has 1 atom stereocenters. The summed E-state index contributed by atoms with van der Waals surface area (Å²) in [4.78, 5) is 4.54. The monoisotopic (exact) mass is 285 g/mol. The molecule has 2 heterocycles. The van der Waals surface area contributed by atoms with Crippen LogP contribution >= 0.6 is 0 Å². The molecule has 1 aromatic heterocycles. The summed E-state index contributed by atoms with van der Waals surface area (Å²) in [6.45, 7) is 1.41. The van der Waals surface area contributed by atoms with Crippen molar-refractivity contribution >= 4 is 0 Å². The molecule has 0 bridgehead atoms. The lowest BCUT2D eigenvalue weighted by molar-refractivity contribution is 0.193. The van der Waals surface area contributed by atoms with Crippen LogP contribution in [-0.2, 0) is 24.2 Å². The summed E-state index contributed by atoms with van der Waals surface area (Å²) in [5, 5.41) is 14.3. The molecule has 1 fully saturated rings. The van der Waals surface area contributed by atoms with E-state index in [1.54, 1.807) is 0 Å². The Morgan fingerprint density at radius 2 is 2.00 bits per heavy atom. The Morgan fingerprint density at radius 3 is 2.62 bits per heavy atom. The van der Waals surface area contributed by atoms with Crippen LogP contribution in [0.1, 0.15) is 41.2 Å². The minimum Gasteiger partial charge on any atom is -0.388 e. The molecule has 21 heavy (non-hydrogen) atoms. The number of benzene rings is 1. The maximum atomic E-state index is 9.60. The average Bonchev–Trinajstić information content (AvgIpc) is 3.24. The highest BCUT2D eigenvalue weighted by Crippen LogP contribution is 2.31. The van der Waals surface area contributed by atoms with Crippen molar-refractivity contribution in [3.63, 3.8) is 0 Å². The van der Waals surface area contributed by atoms with Crippen LogP contribution in [-0.4, -0.2) is 33.1 Å². The Kier molecular flexibility index (Phi) is 3.24. The largest absolute Gasteiger partial charge is 0.388 e. The molecule has 2 aromatic rings.